The minimum atomic E-state index is -1.06. The van der Waals surface area contributed by atoms with E-state index in [1.807, 2.05) is 0 Å². The third-order valence-corrected chi connectivity index (χ3v) is 3.59. The molecule has 126 valence electrons. The minimum absolute atomic E-state index is 0.0959. The number of anilines is 1. The van der Waals surface area contributed by atoms with Gasteiger partial charge in [-0.15, -0.1) is 0 Å². The van der Waals surface area contributed by atoms with Crippen LogP contribution in [0.25, 0.3) is 0 Å². The fourth-order valence-corrected chi connectivity index (χ4v) is 2.33. The zero-order valence-electron chi connectivity index (χ0n) is 12.9. The molecule has 2 rings (SSSR count). The number of nitrogens with one attached hydrogen (secondary N) is 1. The summed E-state index contributed by atoms with van der Waals surface area (Å²) in [4.78, 5) is 23.5. The molecule has 0 saturated carbocycles. The van der Waals surface area contributed by atoms with Crippen molar-refractivity contribution in [1.82, 2.24) is 0 Å². The van der Waals surface area contributed by atoms with Gasteiger partial charge >= 0.3 is 5.97 Å². The van der Waals surface area contributed by atoms with Gasteiger partial charge in [-0.3, -0.25) is 4.79 Å². The molecule has 0 unspecified atom stereocenters. The zero-order valence-corrected chi connectivity index (χ0v) is 14.5. The topological polar surface area (TPSA) is 84.9 Å². The summed E-state index contributed by atoms with van der Waals surface area (Å²) < 4.78 is 11.2. The second kappa shape index (κ2) is 8.47. The van der Waals surface area contributed by atoms with E-state index in [0.29, 0.717) is 30.2 Å². The summed E-state index contributed by atoms with van der Waals surface area (Å²) in [6, 6.07) is 11.1. The van der Waals surface area contributed by atoms with Crippen LogP contribution in [-0.4, -0.2) is 37.3 Å². The smallest absolute Gasteiger partial charge is 0.335 e. The number of halogens is 1. The Morgan fingerprint density at radius 3 is 2.67 bits per heavy atom. The fourth-order valence-electron chi connectivity index (χ4n) is 1.97. The Balaban J connectivity index is 2.21. The van der Waals surface area contributed by atoms with Gasteiger partial charge in [0, 0.05) is 17.3 Å². The third-order valence-electron chi connectivity index (χ3n) is 3.10. The summed E-state index contributed by atoms with van der Waals surface area (Å²) in [5, 5.41) is 11.7. The molecule has 0 aliphatic heterocycles. The summed E-state index contributed by atoms with van der Waals surface area (Å²) in [6.07, 6.45) is 0. The molecule has 0 spiro atoms. The number of rotatable bonds is 7. The average Bonchev–Trinajstić information content (AvgIpc) is 2.56. The predicted octanol–water partition coefficient (Wildman–Crippen LogP) is 3.42. The van der Waals surface area contributed by atoms with Crippen LogP contribution < -0.4 is 10.1 Å². The number of carbonyl (C=O) groups is 2. The van der Waals surface area contributed by atoms with Crippen molar-refractivity contribution in [3.63, 3.8) is 0 Å². The number of amides is 1. The SMILES string of the molecule is COCCOc1ccc(Br)cc1C(=O)Nc1cccc(C(=O)O)c1. The number of hydrogen-bond acceptors (Lipinski definition) is 4. The molecule has 24 heavy (non-hydrogen) atoms. The number of hydrogen-bond donors (Lipinski definition) is 2. The van der Waals surface area contributed by atoms with Gasteiger partial charge in [0.05, 0.1) is 17.7 Å². The largest absolute Gasteiger partial charge is 0.490 e. The Kier molecular flexibility index (Phi) is 6.34. The van der Waals surface area contributed by atoms with Crippen LogP contribution >= 0.6 is 15.9 Å². The summed E-state index contributed by atoms with van der Waals surface area (Å²) in [7, 11) is 1.56. The Morgan fingerprint density at radius 2 is 1.96 bits per heavy atom. The Labute approximate surface area is 147 Å². The molecule has 0 fully saturated rings. The third kappa shape index (κ3) is 4.81. The molecule has 0 bridgehead atoms. The molecule has 0 radical (unpaired) electrons. The standard InChI is InChI=1S/C17H16BrNO5/c1-23-7-8-24-15-6-5-12(18)10-14(15)16(20)19-13-4-2-3-11(9-13)17(21)22/h2-6,9-10H,7-8H2,1H3,(H,19,20)(H,21,22). The first-order valence-electron chi connectivity index (χ1n) is 7.07. The number of aromatic carboxylic acids is 1. The maximum absolute atomic E-state index is 12.5. The van der Waals surface area contributed by atoms with Crippen LogP contribution in [0.15, 0.2) is 46.9 Å². The lowest BCUT2D eigenvalue weighted by Gasteiger charge is -2.12. The molecule has 0 aliphatic rings. The molecule has 0 heterocycles. The van der Waals surface area contributed by atoms with Crippen molar-refractivity contribution in [2.45, 2.75) is 0 Å². The van der Waals surface area contributed by atoms with Gasteiger partial charge < -0.3 is 19.9 Å². The quantitative estimate of drug-likeness (QED) is 0.703. The zero-order chi connectivity index (χ0) is 17.5. The molecule has 6 nitrogen and oxygen atoms in total. The van der Waals surface area contributed by atoms with E-state index in [2.05, 4.69) is 21.2 Å². The van der Waals surface area contributed by atoms with Crippen LogP contribution in [0.4, 0.5) is 5.69 Å². The van der Waals surface area contributed by atoms with Gasteiger partial charge in [-0.2, -0.15) is 0 Å². The van der Waals surface area contributed by atoms with E-state index in [-0.39, 0.29) is 5.56 Å². The van der Waals surface area contributed by atoms with Crippen LogP contribution in [-0.2, 0) is 4.74 Å². The van der Waals surface area contributed by atoms with Crippen LogP contribution in [0.1, 0.15) is 20.7 Å². The van der Waals surface area contributed by atoms with E-state index in [0.717, 1.165) is 4.47 Å². The van der Waals surface area contributed by atoms with E-state index in [1.54, 1.807) is 37.4 Å². The van der Waals surface area contributed by atoms with Gasteiger partial charge in [0.15, 0.2) is 0 Å². The Bertz CT molecular complexity index is 748. The molecular formula is C17H16BrNO5. The van der Waals surface area contributed by atoms with Crippen LogP contribution in [0.3, 0.4) is 0 Å². The highest BCUT2D eigenvalue weighted by atomic mass is 79.9. The first-order chi connectivity index (χ1) is 11.5. The molecule has 2 N–H and O–H groups in total. The van der Waals surface area contributed by atoms with Gasteiger partial charge in [-0.25, -0.2) is 4.79 Å². The lowest BCUT2D eigenvalue weighted by atomic mass is 10.1. The number of ether oxygens (including phenoxy) is 2. The molecule has 1 amide bonds. The summed E-state index contributed by atoms with van der Waals surface area (Å²) in [5.41, 5.74) is 0.822. The monoisotopic (exact) mass is 393 g/mol. The Hall–Kier alpha value is -2.38. The van der Waals surface area contributed by atoms with Crippen molar-refractivity contribution in [2.75, 3.05) is 25.6 Å². The fraction of sp³-hybridized carbons (Fsp3) is 0.176. The molecular weight excluding hydrogens is 378 g/mol. The summed E-state index contributed by atoms with van der Waals surface area (Å²) in [6.45, 7) is 0.713. The van der Waals surface area contributed by atoms with Gasteiger partial charge in [-0.1, -0.05) is 22.0 Å². The second-order valence-corrected chi connectivity index (χ2v) is 5.74. The lowest BCUT2D eigenvalue weighted by Crippen LogP contribution is -2.15. The minimum Gasteiger partial charge on any atom is -0.490 e. The second-order valence-electron chi connectivity index (χ2n) is 4.82. The molecule has 0 atom stereocenters. The van der Waals surface area contributed by atoms with Crippen LogP contribution in [0.2, 0.25) is 0 Å². The van der Waals surface area contributed by atoms with E-state index in [9.17, 15) is 9.59 Å². The summed E-state index contributed by atoms with van der Waals surface area (Å²) >= 11 is 3.32. The van der Waals surface area contributed by atoms with Gasteiger partial charge in [0.1, 0.15) is 12.4 Å². The molecule has 7 heteroatoms. The number of carbonyl (C=O) groups excluding carboxylic acids is 1. The van der Waals surface area contributed by atoms with Gasteiger partial charge in [-0.05, 0) is 36.4 Å². The normalized spacial score (nSPS) is 10.2. The van der Waals surface area contributed by atoms with E-state index in [1.165, 1.54) is 12.1 Å². The average molecular weight is 394 g/mol. The molecule has 2 aromatic carbocycles. The highest BCUT2D eigenvalue weighted by molar-refractivity contribution is 9.10. The first kappa shape index (κ1) is 18.0. The number of methoxy groups -OCH3 is 1. The van der Waals surface area contributed by atoms with Crippen molar-refractivity contribution in [1.29, 1.82) is 0 Å². The first-order valence-corrected chi connectivity index (χ1v) is 7.86. The highest BCUT2D eigenvalue weighted by Gasteiger charge is 2.14. The highest BCUT2D eigenvalue weighted by Crippen LogP contribution is 2.24. The molecule has 0 saturated heterocycles. The number of carboxylic acid groups (broad SMARTS) is 1. The van der Waals surface area contributed by atoms with Crippen LogP contribution in [0, 0.1) is 0 Å². The molecule has 0 aliphatic carbocycles. The number of carboxylic acids is 1. The maximum Gasteiger partial charge on any atom is 0.335 e. The maximum atomic E-state index is 12.5. The van der Waals surface area contributed by atoms with Gasteiger partial charge in [0.2, 0.25) is 0 Å². The number of benzene rings is 2. The Morgan fingerprint density at radius 1 is 1.17 bits per heavy atom. The van der Waals surface area contributed by atoms with E-state index < -0.39 is 11.9 Å². The predicted molar refractivity (Wildman–Crippen MR) is 92.9 cm³/mol. The van der Waals surface area contributed by atoms with Crippen molar-refractivity contribution in [2.24, 2.45) is 0 Å². The lowest BCUT2D eigenvalue weighted by molar-refractivity contribution is 0.0696. The van der Waals surface area contributed by atoms with E-state index >= 15 is 0 Å². The summed E-state index contributed by atoms with van der Waals surface area (Å²) in [5.74, 6) is -1.04. The van der Waals surface area contributed by atoms with Crippen LogP contribution in [0.5, 0.6) is 5.75 Å². The van der Waals surface area contributed by atoms with Gasteiger partial charge in [0.25, 0.3) is 5.91 Å². The van der Waals surface area contributed by atoms with E-state index in [4.69, 9.17) is 14.6 Å². The van der Waals surface area contributed by atoms with Crippen molar-refractivity contribution in [3.05, 3.63) is 58.1 Å². The van der Waals surface area contributed by atoms with Crippen molar-refractivity contribution in [3.8, 4) is 5.75 Å². The molecule has 0 aromatic heterocycles. The van der Waals surface area contributed by atoms with Crippen molar-refractivity contribution >= 4 is 33.5 Å². The van der Waals surface area contributed by atoms with Crippen molar-refractivity contribution < 1.29 is 24.2 Å². The molecule has 2 aromatic rings.